The predicted molar refractivity (Wildman–Crippen MR) is 84.1 cm³/mol. The average molecular weight is 313 g/mol. The van der Waals surface area contributed by atoms with E-state index in [1.807, 2.05) is 4.90 Å². The van der Waals surface area contributed by atoms with Crippen LogP contribution in [0.25, 0.3) is 0 Å². The van der Waals surface area contributed by atoms with Crippen molar-refractivity contribution in [2.45, 2.75) is 0 Å². The van der Waals surface area contributed by atoms with Crippen molar-refractivity contribution in [3.8, 4) is 11.9 Å². The molecule has 3 rings (SSSR count). The molecule has 23 heavy (non-hydrogen) atoms. The van der Waals surface area contributed by atoms with Crippen molar-refractivity contribution in [2.24, 2.45) is 0 Å². The van der Waals surface area contributed by atoms with Crippen molar-refractivity contribution < 1.29 is 9.13 Å². The van der Waals surface area contributed by atoms with E-state index in [4.69, 9.17) is 4.74 Å². The Bertz CT molecular complexity index is 737. The van der Waals surface area contributed by atoms with Gasteiger partial charge < -0.3 is 14.5 Å². The highest BCUT2D eigenvalue weighted by Gasteiger charge is 2.23. The van der Waals surface area contributed by atoms with E-state index < -0.39 is 0 Å². The number of ether oxygens (including phenoxy) is 1. The SMILES string of the molecule is COc1cc(N2CCN(c3c(F)cccc3C#N)CC2)ncn1. The number of nitrogens with zero attached hydrogens (tertiary/aromatic N) is 5. The summed E-state index contributed by atoms with van der Waals surface area (Å²) in [6, 6.07) is 8.42. The fraction of sp³-hybridized carbons (Fsp3) is 0.312. The maximum absolute atomic E-state index is 14.1. The van der Waals surface area contributed by atoms with Gasteiger partial charge in [0, 0.05) is 32.2 Å². The van der Waals surface area contributed by atoms with Crippen molar-refractivity contribution in [1.29, 1.82) is 5.26 Å². The number of hydrogen-bond acceptors (Lipinski definition) is 6. The highest BCUT2D eigenvalue weighted by molar-refractivity contribution is 5.61. The molecule has 0 bridgehead atoms. The second-order valence-corrected chi connectivity index (χ2v) is 5.14. The second kappa shape index (κ2) is 6.48. The van der Waals surface area contributed by atoms with Crippen LogP contribution in [0.2, 0.25) is 0 Å². The molecule has 7 heteroatoms. The first-order valence-corrected chi connectivity index (χ1v) is 7.27. The number of benzene rings is 1. The number of para-hydroxylation sites is 1. The van der Waals surface area contributed by atoms with Crippen molar-refractivity contribution in [3.05, 3.63) is 42.0 Å². The number of piperazine rings is 1. The summed E-state index contributed by atoms with van der Waals surface area (Å²) < 4.78 is 19.2. The first kappa shape index (κ1) is 15.0. The minimum Gasteiger partial charge on any atom is -0.481 e. The minimum absolute atomic E-state index is 0.360. The number of halogens is 1. The Balaban J connectivity index is 1.75. The third-order valence-corrected chi connectivity index (χ3v) is 3.86. The van der Waals surface area contributed by atoms with E-state index >= 15 is 0 Å². The van der Waals surface area contributed by atoms with Crippen LogP contribution in [0.1, 0.15) is 5.56 Å². The highest BCUT2D eigenvalue weighted by atomic mass is 19.1. The largest absolute Gasteiger partial charge is 0.481 e. The number of methoxy groups -OCH3 is 1. The summed E-state index contributed by atoms with van der Waals surface area (Å²) >= 11 is 0. The van der Waals surface area contributed by atoms with Gasteiger partial charge in [0.25, 0.3) is 0 Å². The van der Waals surface area contributed by atoms with Gasteiger partial charge in [0.1, 0.15) is 24.0 Å². The zero-order valence-corrected chi connectivity index (χ0v) is 12.7. The molecule has 1 aromatic carbocycles. The molecule has 1 fully saturated rings. The number of rotatable bonds is 3. The van der Waals surface area contributed by atoms with Gasteiger partial charge in [0.15, 0.2) is 0 Å². The summed E-state index contributed by atoms with van der Waals surface area (Å²) in [5.74, 6) is 0.935. The van der Waals surface area contributed by atoms with Gasteiger partial charge in [-0.25, -0.2) is 14.4 Å². The zero-order valence-electron chi connectivity index (χ0n) is 12.7. The summed E-state index contributed by atoms with van der Waals surface area (Å²) in [6.45, 7) is 2.59. The predicted octanol–water partition coefficient (Wildman–Crippen LogP) is 1.82. The van der Waals surface area contributed by atoms with E-state index in [1.54, 1.807) is 25.3 Å². The molecule has 0 aliphatic carbocycles. The second-order valence-electron chi connectivity index (χ2n) is 5.14. The van der Waals surface area contributed by atoms with Crippen LogP contribution in [0.5, 0.6) is 5.88 Å². The maximum Gasteiger partial charge on any atom is 0.218 e. The Morgan fingerprint density at radius 3 is 2.61 bits per heavy atom. The Kier molecular flexibility index (Phi) is 4.24. The molecule has 6 nitrogen and oxygen atoms in total. The van der Waals surface area contributed by atoms with E-state index in [9.17, 15) is 9.65 Å². The van der Waals surface area contributed by atoms with Crippen LogP contribution < -0.4 is 14.5 Å². The summed E-state index contributed by atoms with van der Waals surface area (Å²) in [4.78, 5) is 12.2. The third kappa shape index (κ3) is 3.01. The lowest BCUT2D eigenvalue weighted by atomic mass is 10.1. The van der Waals surface area contributed by atoms with Crippen molar-refractivity contribution >= 4 is 11.5 Å². The molecule has 0 atom stereocenters. The van der Waals surface area contributed by atoms with Crippen molar-refractivity contribution in [1.82, 2.24) is 9.97 Å². The number of nitriles is 1. The van der Waals surface area contributed by atoms with E-state index in [0.29, 0.717) is 43.3 Å². The van der Waals surface area contributed by atoms with Crippen LogP contribution in [-0.4, -0.2) is 43.3 Å². The first-order chi connectivity index (χ1) is 11.2. The molecule has 0 saturated carbocycles. The molecule has 0 unspecified atom stereocenters. The minimum atomic E-state index is -0.360. The van der Waals surface area contributed by atoms with E-state index in [2.05, 4.69) is 20.9 Å². The van der Waals surface area contributed by atoms with Crippen molar-refractivity contribution in [3.63, 3.8) is 0 Å². The van der Waals surface area contributed by atoms with Crippen molar-refractivity contribution in [2.75, 3.05) is 43.1 Å². The van der Waals surface area contributed by atoms with Crippen LogP contribution in [0.3, 0.4) is 0 Å². The molecule has 0 amide bonds. The first-order valence-electron chi connectivity index (χ1n) is 7.27. The van der Waals surface area contributed by atoms with Crippen LogP contribution in [0.15, 0.2) is 30.6 Å². The molecule has 1 saturated heterocycles. The molecule has 1 aliphatic rings. The molecular weight excluding hydrogens is 297 g/mol. The molecule has 2 aromatic rings. The van der Waals surface area contributed by atoms with Gasteiger partial charge >= 0.3 is 0 Å². The standard InChI is InChI=1S/C16H16FN5O/c1-23-15-9-14(19-11-20-15)21-5-7-22(8-6-21)16-12(10-18)3-2-4-13(16)17/h2-4,9,11H,5-8H2,1H3. The van der Waals surface area contributed by atoms with Gasteiger partial charge in [0.05, 0.1) is 18.4 Å². The fourth-order valence-electron chi connectivity index (χ4n) is 2.70. The zero-order chi connectivity index (χ0) is 16.2. The molecule has 0 radical (unpaired) electrons. The number of hydrogen-bond donors (Lipinski definition) is 0. The quantitative estimate of drug-likeness (QED) is 0.861. The van der Waals surface area contributed by atoms with Gasteiger partial charge in [-0.05, 0) is 12.1 Å². The van der Waals surface area contributed by atoms with E-state index in [1.165, 1.54) is 12.4 Å². The lowest BCUT2D eigenvalue weighted by Gasteiger charge is -2.37. The number of anilines is 2. The molecule has 0 N–H and O–H groups in total. The van der Waals surface area contributed by atoms with Crippen LogP contribution in [0, 0.1) is 17.1 Å². The molecule has 118 valence electrons. The lowest BCUT2D eigenvalue weighted by molar-refractivity contribution is 0.396. The summed E-state index contributed by atoms with van der Waals surface area (Å²) in [6.07, 6.45) is 1.46. The third-order valence-electron chi connectivity index (χ3n) is 3.86. The molecule has 0 spiro atoms. The Labute approximate surface area is 133 Å². The number of aromatic nitrogens is 2. The fourth-order valence-corrected chi connectivity index (χ4v) is 2.70. The van der Waals surface area contributed by atoms with Crippen LogP contribution >= 0.6 is 0 Å². The van der Waals surface area contributed by atoms with Gasteiger partial charge in [-0.2, -0.15) is 5.26 Å². The Morgan fingerprint density at radius 1 is 1.17 bits per heavy atom. The maximum atomic E-state index is 14.1. The average Bonchev–Trinajstić information content (AvgIpc) is 2.61. The Morgan fingerprint density at radius 2 is 1.91 bits per heavy atom. The summed E-state index contributed by atoms with van der Waals surface area (Å²) in [5, 5.41) is 9.18. The molecular formula is C16H16FN5O. The molecule has 2 heterocycles. The molecule has 1 aliphatic heterocycles. The lowest BCUT2D eigenvalue weighted by Crippen LogP contribution is -2.47. The van der Waals surface area contributed by atoms with Gasteiger partial charge in [-0.1, -0.05) is 6.07 Å². The molecule has 1 aromatic heterocycles. The summed E-state index contributed by atoms with van der Waals surface area (Å²) in [5.41, 5.74) is 0.747. The van der Waals surface area contributed by atoms with Crippen LogP contribution in [-0.2, 0) is 0 Å². The van der Waals surface area contributed by atoms with E-state index in [0.717, 1.165) is 5.82 Å². The summed E-state index contributed by atoms with van der Waals surface area (Å²) in [7, 11) is 1.56. The monoisotopic (exact) mass is 313 g/mol. The van der Waals surface area contributed by atoms with E-state index in [-0.39, 0.29) is 5.82 Å². The van der Waals surface area contributed by atoms with Gasteiger partial charge in [-0.15, -0.1) is 0 Å². The highest BCUT2D eigenvalue weighted by Crippen LogP contribution is 2.26. The van der Waals surface area contributed by atoms with Crippen LogP contribution in [0.4, 0.5) is 15.9 Å². The topological polar surface area (TPSA) is 65.3 Å². The Hall–Kier alpha value is -2.88. The van der Waals surface area contributed by atoms with Gasteiger partial charge in [0.2, 0.25) is 5.88 Å². The normalized spacial score (nSPS) is 14.5. The van der Waals surface area contributed by atoms with Gasteiger partial charge in [-0.3, -0.25) is 0 Å². The smallest absolute Gasteiger partial charge is 0.218 e.